The molecule has 68 valence electrons. The van der Waals surface area contributed by atoms with Crippen molar-refractivity contribution in [2.45, 2.75) is 39.4 Å². The molecule has 0 aromatic rings. The Labute approximate surface area is 73.6 Å². The van der Waals surface area contributed by atoms with Crippen LogP contribution in [0.25, 0.3) is 0 Å². The highest BCUT2D eigenvalue weighted by Crippen LogP contribution is 2.40. The molecule has 2 nitrogen and oxygen atoms in total. The van der Waals surface area contributed by atoms with Gasteiger partial charge >= 0.3 is 0 Å². The number of ketones is 1. The molecular formula is C10H16O2. The second kappa shape index (κ2) is 2.43. The maximum Gasteiger partial charge on any atom is 0.173 e. The largest absolute Gasteiger partial charge is 0.358 e. The number of allylic oxidation sites excluding steroid dienone is 1. The monoisotopic (exact) mass is 168 g/mol. The van der Waals surface area contributed by atoms with Crippen LogP contribution in [0.1, 0.15) is 27.7 Å². The van der Waals surface area contributed by atoms with Crippen LogP contribution in [0, 0.1) is 5.41 Å². The van der Waals surface area contributed by atoms with Crippen LogP contribution in [-0.4, -0.2) is 17.5 Å². The second-order valence-electron chi connectivity index (χ2n) is 4.39. The van der Waals surface area contributed by atoms with E-state index in [9.17, 15) is 4.79 Å². The molecule has 1 rings (SSSR count). The summed E-state index contributed by atoms with van der Waals surface area (Å²) in [4.78, 5) is 11.7. The van der Waals surface area contributed by atoms with Crippen molar-refractivity contribution >= 4 is 5.78 Å². The normalized spacial score (nSPS) is 26.5. The van der Waals surface area contributed by atoms with E-state index in [1.165, 1.54) is 0 Å². The van der Waals surface area contributed by atoms with Gasteiger partial charge in [0.1, 0.15) is 6.10 Å². The van der Waals surface area contributed by atoms with Crippen LogP contribution in [0.15, 0.2) is 12.7 Å². The van der Waals surface area contributed by atoms with Gasteiger partial charge in [-0.2, -0.15) is 0 Å². The van der Waals surface area contributed by atoms with E-state index in [1.54, 1.807) is 6.08 Å². The van der Waals surface area contributed by atoms with E-state index in [2.05, 4.69) is 6.58 Å². The third-order valence-electron chi connectivity index (χ3n) is 2.38. The molecule has 2 heteroatoms. The van der Waals surface area contributed by atoms with Gasteiger partial charge in [0, 0.05) is 5.41 Å². The van der Waals surface area contributed by atoms with Gasteiger partial charge in [-0.1, -0.05) is 6.08 Å². The first-order valence-electron chi connectivity index (χ1n) is 4.17. The predicted octanol–water partition coefficient (Wildman–Crippen LogP) is 1.95. The van der Waals surface area contributed by atoms with E-state index in [1.807, 2.05) is 27.7 Å². The molecule has 1 heterocycles. The lowest BCUT2D eigenvalue weighted by atomic mass is 9.84. The average molecular weight is 168 g/mol. The van der Waals surface area contributed by atoms with Crippen molar-refractivity contribution in [2.24, 2.45) is 5.41 Å². The van der Waals surface area contributed by atoms with Gasteiger partial charge in [-0.15, -0.1) is 6.58 Å². The molecule has 0 spiro atoms. The minimum Gasteiger partial charge on any atom is -0.358 e. The Balaban J connectivity index is 2.68. The van der Waals surface area contributed by atoms with Crippen molar-refractivity contribution < 1.29 is 9.53 Å². The second-order valence-corrected chi connectivity index (χ2v) is 4.39. The SMILES string of the molecule is C=CC(C)(C)C(=O)C1OC1(C)C. The molecule has 1 fully saturated rings. The molecule has 0 amide bonds. The minimum absolute atomic E-state index is 0.127. The summed E-state index contributed by atoms with van der Waals surface area (Å²) in [5.74, 6) is 0.127. The Kier molecular flexibility index (Phi) is 1.91. The quantitative estimate of drug-likeness (QED) is 0.476. The van der Waals surface area contributed by atoms with E-state index in [4.69, 9.17) is 4.74 Å². The van der Waals surface area contributed by atoms with Gasteiger partial charge in [-0.3, -0.25) is 4.79 Å². The summed E-state index contributed by atoms with van der Waals surface area (Å²) in [6.07, 6.45) is 1.44. The van der Waals surface area contributed by atoms with Gasteiger partial charge in [0.25, 0.3) is 0 Å². The Morgan fingerprint density at radius 2 is 2.00 bits per heavy atom. The molecule has 1 atom stereocenters. The van der Waals surface area contributed by atoms with Crippen molar-refractivity contribution in [1.29, 1.82) is 0 Å². The molecule has 0 aromatic heterocycles. The highest BCUT2D eigenvalue weighted by molar-refractivity contribution is 5.92. The van der Waals surface area contributed by atoms with Gasteiger partial charge in [-0.05, 0) is 27.7 Å². The van der Waals surface area contributed by atoms with Gasteiger partial charge in [-0.25, -0.2) is 0 Å². The van der Waals surface area contributed by atoms with Crippen LogP contribution in [0.2, 0.25) is 0 Å². The summed E-state index contributed by atoms with van der Waals surface area (Å²) in [6.45, 7) is 11.2. The Morgan fingerprint density at radius 1 is 1.58 bits per heavy atom. The van der Waals surface area contributed by atoms with E-state index in [0.29, 0.717) is 0 Å². The lowest BCUT2D eigenvalue weighted by Crippen LogP contribution is -2.29. The number of carbonyl (C=O) groups excluding carboxylic acids is 1. The van der Waals surface area contributed by atoms with Gasteiger partial charge < -0.3 is 4.74 Å². The highest BCUT2D eigenvalue weighted by atomic mass is 16.6. The van der Waals surface area contributed by atoms with Crippen LogP contribution in [0.5, 0.6) is 0 Å². The number of hydrogen-bond acceptors (Lipinski definition) is 2. The molecule has 1 aliphatic rings. The molecule has 0 radical (unpaired) electrons. The lowest BCUT2D eigenvalue weighted by molar-refractivity contribution is -0.126. The summed E-state index contributed by atoms with van der Waals surface area (Å²) in [5.41, 5.74) is -0.713. The van der Waals surface area contributed by atoms with Crippen molar-refractivity contribution in [2.75, 3.05) is 0 Å². The Bertz CT molecular complexity index is 226. The molecule has 12 heavy (non-hydrogen) atoms. The number of Topliss-reactive ketones (excluding diaryl/α,β-unsaturated/α-hetero) is 1. The first kappa shape index (κ1) is 9.46. The average Bonchev–Trinajstić information content (AvgIpc) is 2.58. The molecular weight excluding hydrogens is 152 g/mol. The fourth-order valence-electron chi connectivity index (χ4n) is 1.08. The molecule has 0 saturated carbocycles. The molecule has 0 N–H and O–H groups in total. The van der Waals surface area contributed by atoms with Crippen molar-refractivity contribution in [1.82, 2.24) is 0 Å². The molecule has 0 bridgehead atoms. The standard InChI is InChI=1S/C10H16O2/c1-6-9(2,3)7(11)8-10(4,5)12-8/h6,8H,1H2,2-5H3. The lowest BCUT2D eigenvalue weighted by Gasteiger charge is -2.16. The molecule has 0 aromatic carbocycles. The Hall–Kier alpha value is -0.630. The fraction of sp³-hybridized carbons (Fsp3) is 0.700. The minimum atomic E-state index is -0.460. The van der Waals surface area contributed by atoms with Crippen molar-refractivity contribution in [3.8, 4) is 0 Å². The molecule has 0 aliphatic carbocycles. The van der Waals surface area contributed by atoms with Gasteiger partial charge in [0.05, 0.1) is 5.60 Å². The summed E-state index contributed by atoms with van der Waals surface area (Å²) >= 11 is 0. The van der Waals surface area contributed by atoms with Crippen LogP contribution in [0.4, 0.5) is 0 Å². The zero-order valence-corrected chi connectivity index (χ0v) is 8.18. The third-order valence-corrected chi connectivity index (χ3v) is 2.38. The summed E-state index contributed by atoms with van der Waals surface area (Å²) in [7, 11) is 0. The smallest absolute Gasteiger partial charge is 0.173 e. The zero-order valence-electron chi connectivity index (χ0n) is 8.18. The Morgan fingerprint density at radius 3 is 2.25 bits per heavy atom. The number of carbonyl (C=O) groups is 1. The number of hydrogen-bond donors (Lipinski definition) is 0. The van der Waals surface area contributed by atoms with Crippen LogP contribution in [-0.2, 0) is 9.53 Å². The number of rotatable bonds is 3. The van der Waals surface area contributed by atoms with Gasteiger partial charge in [0.15, 0.2) is 5.78 Å². The van der Waals surface area contributed by atoms with Crippen molar-refractivity contribution in [3.63, 3.8) is 0 Å². The summed E-state index contributed by atoms with van der Waals surface area (Å²) < 4.78 is 5.26. The third kappa shape index (κ3) is 1.44. The zero-order chi connectivity index (χ0) is 9.57. The van der Waals surface area contributed by atoms with E-state index >= 15 is 0 Å². The first-order chi connectivity index (χ1) is 5.31. The summed E-state index contributed by atoms with van der Waals surface area (Å²) in [6, 6.07) is 0. The molecule has 1 aliphatic heterocycles. The highest BCUT2D eigenvalue weighted by Gasteiger charge is 2.55. The fourth-order valence-corrected chi connectivity index (χ4v) is 1.08. The number of ether oxygens (including phenoxy) is 1. The van der Waals surface area contributed by atoms with Crippen LogP contribution >= 0.6 is 0 Å². The van der Waals surface area contributed by atoms with E-state index in [0.717, 1.165) is 0 Å². The summed E-state index contributed by atoms with van der Waals surface area (Å²) in [5, 5.41) is 0. The first-order valence-corrected chi connectivity index (χ1v) is 4.17. The van der Waals surface area contributed by atoms with Crippen LogP contribution < -0.4 is 0 Å². The van der Waals surface area contributed by atoms with Crippen LogP contribution in [0.3, 0.4) is 0 Å². The van der Waals surface area contributed by atoms with Crippen molar-refractivity contribution in [3.05, 3.63) is 12.7 Å². The maximum absolute atomic E-state index is 11.7. The topological polar surface area (TPSA) is 29.6 Å². The van der Waals surface area contributed by atoms with E-state index < -0.39 is 5.41 Å². The van der Waals surface area contributed by atoms with E-state index in [-0.39, 0.29) is 17.5 Å². The van der Waals surface area contributed by atoms with Gasteiger partial charge in [0.2, 0.25) is 0 Å². The molecule has 1 unspecified atom stereocenters. The number of epoxide rings is 1. The predicted molar refractivity (Wildman–Crippen MR) is 47.9 cm³/mol. The molecule has 1 saturated heterocycles. The maximum atomic E-state index is 11.7.